The number of esters is 1. The molecule has 2 fully saturated rings. The SMILES string of the molecule is O=C1CC2(CO1)CN(C(=O)c1sc3cc(F)cc(F)c3c1Cl)C2. The molecule has 8 heteroatoms. The van der Waals surface area contributed by atoms with E-state index in [2.05, 4.69) is 0 Å². The molecule has 0 saturated carbocycles. The minimum Gasteiger partial charge on any atom is -0.465 e. The molecule has 2 saturated heterocycles. The van der Waals surface area contributed by atoms with Crippen molar-refractivity contribution in [1.29, 1.82) is 0 Å². The maximum atomic E-state index is 13.9. The number of cyclic esters (lactones) is 1. The fourth-order valence-electron chi connectivity index (χ4n) is 3.14. The minimum absolute atomic E-state index is 0.00667. The third kappa shape index (κ3) is 2.21. The number of likely N-dealkylation sites (tertiary alicyclic amines) is 1. The van der Waals surface area contributed by atoms with Crippen LogP contribution in [0.25, 0.3) is 10.1 Å². The van der Waals surface area contributed by atoms with Gasteiger partial charge in [0.15, 0.2) is 0 Å². The summed E-state index contributed by atoms with van der Waals surface area (Å²) in [5, 5.41) is 0.0724. The average Bonchev–Trinajstić information content (AvgIpc) is 2.97. The molecule has 0 N–H and O–H groups in total. The van der Waals surface area contributed by atoms with Crippen molar-refractivity contribution in [2.45, 2.75) is 6.42 Å². The molecule has 1 amide bonds. The number of carbonyl (C=O) groups is 2. The number of halogens is 3. The lowest BCUT2D eigenvalue weighted by molar-refractivity contribution is -0.137. The number of rotatable bonds is 1. The Morgan fingerprint density at radius 1 is 1.35 bits per heavy atom. The number of benzene rings is 1. The zero-order chi connectivity index (χ0) is 16.4. The van der Waals surface area contributed by atoms with Crippen molar-refractivity contribution in [3.8, 4) is 0 Å². The van der Waals surface area contributed by atoms with Gasteiger partial charge in [0.25, 0.3) is 5.91 Å². The zero-order valence-corrected chi connectivity index (χ0v) is 13.3. The monoisotopic (exact) mass is 357 g/mol. The number of amides is 1. The second-order valence-corrected chi connectivity index (χ2v) is 7.43. The number of ether oxygens (including phenoxy) is 1. The number of thiophene rings is 1. The number of hydrogen-bond donors (Lipinski definition) is 0. The average molecular weight is 358 g/mol. The second kappa shape index (κ2) is 4.88. The quantitative estimate of drug-likeness (QED) is 0.736. The molecule has 23 heavy (non-hydrogen) atoms. The van der Waals surface area contributed by atoms with Gasteiger partial charge in [0.1, 0.15) is 23.1 Å². The van der Waals surface area contributed by atoms with Gasteiger partial charge in [-0.15, -0.1) is 11.3 Å². The van der Waals surface area contributed by atoms with Gasteiger partial charge < -0.3 is 9.64 Å². The molecule has 0 atom stereocenters. The van der Waals surface area contributed by atoms with Crippen molar-refractivity contribution in [3.05, 3.63) is 33.7 Å². The molecule has 0 radical (unpaired) electrons. The van der Waals surface area contributed by atoms with Gasteiger partial charge in [0, 0.05) is 29.2 Å². The maximum Gasteiger partial charge on any atom is 0.306 e. The van der Waals surface area contributed by atoms with Gasteiger partial charge in [0.2, 0.25) is 0 Å². The molecule has 1 aromatic carbocycles. The lowest BCUT2D eigenvalue weighted by Crippen LogP contribution is -2.58. The molecule has 0 unspecified atom stereocenters. The summed E-state index contributed by atoms with van der Waals surface area (Å²) in [4.78, 5) is 25.5. The molecule has 1 spiro atoms. The van der Waals surface area contributed by atoms with E-state index in [0.29, 0.717) is 30.8 Å². The highest BCUT2D eigenvalue weighted by molar-refractivity contribution is 7.21. The third-order valence-electron chi connectivity index (χ3n) is 4.24. The van der Waals surface area contributed by atoms with Crippen LogP contribution < -0.4 is 0 Å². The summed E-state index contributed by atoms with van der Waals surface area (Å²) < 4.78 is 32.4. The molecule has 4 nitrogen and oxygen atoms in total. The topological polar surface area (TPSA) is 46.6 Å². The molecular formula is C15H10ClF2NO3S. The van der Waals surface area contributed by atoms with Crippen LogP contribution in [0.1, 0.15) is 16.1 Å². The van der Waals surface area contributed by atoms with E-state index in [9.17, 15) is 18.4 Å². The van der Waals surface area contributed by atoms with Gasteiger partial charge in [0.05, 0.1) is 16.9 Å². The molecule has 0 bridgehead atoms. The lowest BCUT2D eigenvalue weighted by Gasteiger charge is -2.45. The van der Waals surface area contributed by atoms with Crippen LogP contribution in [0.4, 0.5) is 8.78 Å². The van der Waals surface area contributed by atoms with Crippen LogP contribution in [0, 0.1) is 17.0 Å². The highest BCUT2D eigenvalue weighted by Crippen LogP contribution is 2.43. The van der Waals surface area contributed by atoms with Crippen molar-refractivity contribution in [2.75, 3.05) is 19.7 Å². The van der Waals surface area contributed by atoms with Crippen molar-refractivity contribution < 1.29 is 23.1 Å². The van der Waals surface area contributed by atoms with E-state index in [1.54, 1.807) is 4.90 Å². The van der Waals surface area contributed by atoms with Crippen LogP contribution in [0.15, 0.2) is 12.1 Å². The largest absolute Gasteiger partial charge is 0.465 e. The zero-order valence-electron chi connectivity index (χ0n) is 11.7. The van der Waals surface area contributed by atoms with Crippen LogP contribution >= 0.6 is 22.9 Å². The summed E-state index contributed by atoms with van der Waals surface area (Å²) in [6, 6.07) is 1.90. The van der Waals surface area contributed by atoms with Crippen molar-refractivity contribution in [1.82, 2.24) is 4.90 Å². The van der Waals surface area contributed by atoms with E-state index >= 15 is 0 Å². The van der Waals surface area contributed by atoms with Crippen LogP contribution in [0.2, 0.25) is 5.02 Å². The Morgan fingerprint density at radius 2 is 2.09 bits per heavy atom. The first-order valence-electron chi connectivity index (χ1n) is 6.90. The Kier molecular flexibility index (Phi) is 3.15. The summed E-state index contributed by atoms with van der Waals surface area (Å²) in [5.74, 6) is -2.08. The minimum atomic E-state index is -0.782. The number of hydrogen-bond acceptors (Lipinski definition) is 4. The van der Waals surface area contributed by atoms with E-state index in [-0.39, 0.29) is 32.6 Å². The summed E-state index contributed by atoms with van der Waals surface area (Å²) in [6.07, 6.45) is 0.302. The summed E-state index contributed by atoms with van der Waals surface area (Å²) in [7, 11) is 0. The Hall–Kier alpha value is -1.73. The van der Waals surface area contributed by atoms with Crippen molar-refractivity contribution >= 4 is 44.9 Å². The molecule has 2 aliphatic rings. The van der Waals surface area contributed by atoms with E-state index in [4.69, 9.17) is 16.3 Å². The highest BCUT2D eigenvalue weighted by Gasteiger charge is 2.51. The van der Waals surface area contributed by atoms with Crippen LogP contribution in [-0.2, 0) is 9.53 Å². The van der Waals surface area contributed by atoms with Crippen LogP contribution in [-0.4, -0.2) is 36.5 Å². The molecule has 120 valence electrons. The van der Waals surface area contributed by atoms with Gasteiger partial charge in [-0.25, -0.2) is 8.78 Å². The van der Waals surface area contributed by atoms with Gasteiger partial charge in [-0.1, -0.05) is 11.6 Å². The molecular weight excluding hydrogens is 348 g/mol. The Bertz CT molecular complexity index is 860. The summed E-state index contributed by atoms with van der Waals surface area (Å²) >= 11 is 7.10. The van der Waals surface area contributed by atoms with E-state index in [0.717, 1.165) is 23.5 Å². The summed E-state index contributed by atoms with van der Waals surface area (Å²) in [6.45, 7) is 1.12. The van der Waals surface area contributed by atoms with E-state index in [1.807, 2.05) is 0 Å². The van der Waals surface area contributed by atoms with E-state index in [1.165, 1.54) is 0 Å². The van der Waals surface area contributed by atoms with E-state index < -0.39 is 11.6 Å². The van der Waals surface area contributed by atoms with Gasteiger partial charge in [-0.3, -0.25) is 9.59 Å². The fourth-order valence-corrected chi connectivity index (χ4v) is 4.69. The van der Waals surface area contributed by atoms with Gasteiger partial charge >= 0.3 is 5.97 Å². The molecule has 2 aromatic rings. The predicted octanol–water partition coefficient (Wildman–Crippen LogP) is 3.22. The highest BCUT2D eigenvalue weighted by atomic mass is 35.5. The lowest BCUT2D eigenvalue weighted by atomic mass is 9.79. The van der Waals surface area contributed by atoms with Crippen LogP contribution in [0.3, 0.4) is 0 Å². The normalized spacial score (nSPS) is 19.3. The molecule has 1 aromatic heterocycles. The van der Waals surface area contributed by atoms with Gasteiger partial charge in [-0.2, -0.15) is 0 Å². The Balaban J connectivity index is 1.63. The molecule has 3 heterocycles. The second-order valence-electron chi connectivity index (χ2n) is 6.00. The Morgan fingerprint density at radius 3 is 2.74 bits per heavy atom. The standard InChI is InChI=1S/C15H10ClF2NO3S/c16-12-11-8(18)1-7(17)2-9(11)23-13(12)14(21)19-4-15(5-19)3-10(20)22-6-15/h1-2H,3-6H2. The smallest absolute Gasteiger partial charge is 0.306 e. The van der Waals surface area contributed by atoms with Crippen molar-refractivity contribution in [3.63, 3.8) is 0 Å². The first kappa shape index (κ1) is 14.8. The maximum absolute atomic E-state index is 13.9. The number of carbonyl (C=O) groups excluding carboxylic acids is 2. The summed E-state index contributed by atoms with van der Waals surface area (Å²) in [5.41, 5.74) is -0.298. The fraction of sp³-hybridized carbons (Fsp3) is 0.333. The van der Waals surface area contributed by atoms with Gasteiger partial charge in [-0.05, 0) is 6.07 Å². The van der Waals surface area contributed by atoms with Crippen molar-refractivity contribution in [2.24, 2.45) is 5.41 Å². The molecule has 2 aliphatic heterocycles. The number of nitrogens with zero attached hydrogens (tertiary/aromatic N) is 1. The van der Waals surface area contributed by atoms with Crippen LogP contribution in [0.5, 0.6) is 0 Å². The first-order valence-corrected chi connectivity index (χ1v) is 8.10. The molecule has 4 rings (SSSR count). The number of fused-ring (bicyclic) bond motifs is 1. The Labute approximate surface area is 138 Å². The predicted molar refractivity (Wildman–Crippen MR) is 80.7 cm³/mol. The first-order chi connectivity index (χ1) is 10.9. The third-order valence-corrected chi connectivity index (χ3v) is 5.86. The molecule has 0 aliphatic carbocycles.